The molecular weight excluding hydrogens is 390 g/mol. The standard InChI is InChI=1S/C17H18F3N3O.2ClH/c18-17(19,20)24-15-5-3-13(4-6-15)16(14-2-1-7-22-12-14)23-10-8-21-9-11-23;;/h1-7,12,16,21H,8-11H2;2*1H/t16-;;/m0../s1. The van der Waals surface area contributed by atoms with Crippen molar-refractivity contribution in [3.8, 4) is 5.75 Å². The lowest BCUT2D eigenvalue weighted by Gasteiger charge is -2.35. The number of ether oxygens (including phenoxy) is 1. The molecule has 2 aromatic rings. The third-order valence-electron chi connectivity index (χ3n) is 3.95. The van der Waals surface area contributed by atoms with E-state index in [9.17, 15) is 13.2 Å². The minimum absolute atomic E-state index is 0. The molecule has 1 N–H and O–H groups in total. The molecule has 2 heterocycles. The van der Waals surface area contributed by atoms with E-state index < -0.39 is 6.36 Å². The highest BCUT2D eigenvalue weighted by Crippen LogP contribution is 2.31. The highest BCUT2D eigenvalue weighted by molar-refractivity contribution is 5.85. The molecule has 1 saturated heterocycles. The first-order valence-electron chi connectivity index (χ1n) is 7.73. The van der Waals surface area contributed by atoms with E-state index in [4.69, 9.17) is 0 Å². The number of piperazine rings is 1. The van der Waals surface area contributed by atoms with Crippen LogP contribution in [-0.4, -0.2) is 42.4 Å². The van der Waals surface area contributed by atoms with Gasteiger partial charge in [-0.1, -0.05) is 18.2 Å². The number of alkyl halides is 3. The summed E-state index contributed by atoms with van der Waals surface area (Å²) in [6.07, 6.45) is -1.17. The SMILES string of the molecule is Cl.Cl.FC(F)(F)Oc1ccc([C@@H](c2cccnc2)N2CCNCC2)cc1. The number of aromatic nitrogens is 1. The van der Waals surface area contributed by atoms with Crippen LogP contribution in [0.3, 0.4) is 0 Å². The molecule has 0 radical (unpaired) electrons. The summed E-state index contributed by atoms with van der Waals surface area (Å²) >= 11 is 0. The molecule has 3 rings (SSSR count). The Hall–Kier alpha value is -1.54. The van der Waals surface area contributed by atoms with Crippen molar-refractivity contribution in [3.63, 3.8) is 0 Å². The number of benzene rings is 1. The van der Waals surface area contributed by atoms with Crippen LogP contribution in [0.2, 0.25) is 0 Å². The lowest BCUT2D eigenvalue weighted by molar-refractivity contribution is -0.274. The Kier molecular flexibility index (Phi) is 8.62. The lowest BCUT2D eigenvalue weighted by Crippen LogP contribution is -2.45. The molecule has 0 saturated carbocycles. The Balaban J connectivity index is 0.00000169. The van der Waals surface area contributed by atoms with Crippen LogP contribution in [0.1, 0.15) is 17.2 Å². The third-order valence-corrected chi connectivity index (χ3v) is 3.95. The summed E-state index contributed by atoms with van der Waals surface area (Å²) in [6.45, 7) is 3.48. The Morgan fingerprint density at radius 3 is 2.19 bits per heavy atom. The van der Waals surface area contributed by atoms with E-state index in [1.807, 2.05) is 12.1 Å². The summed E-state index contributed by atoms with van der Waals surface area (Å²) in [6, 6.07) is 9.89. The molecular formula is C17H20Cl2F3N3O. The first-order chi connectivity index (χ1) is 11.5. The van der Waals surface area contributed by atoms with Crippen LogP contribution in [0.15, 0.2) is 48.8 Å². The number of hydrogen-bond acceptors (Lipinski definition) is 4. The second-order valence-corrected chi connectivity index (χ2v) is 5.59. The molecule has 4 nitrogen and oxygen atoms in total. The van der Waals surface area contributed by atoms with Gasteiger partial charge in [-0.3, -0.25) is 9.88 Å². The number of pyridine rings is 1. The Bertz CT molecular complexity index is 651. The smallest absolute Gasteiger partial charge is 0.406 e. The second kappa shape index (κ2) is 9.97. The van der Waals surface area contributed by atoms with Gasteiger partial charge in [-0.15, -0.1) is 38.0 Å². The third kappa shape index (κ3) is 6.02. The van der Waals surface area contributed by atoms with Crippen LogP contribution in [0, 0.1) is 0 Å². The van der Waals surface area contributed by atoms with Gasteiger partial charge in [0.05, 0.1) is 6.04 Å². The monoisotopic (exact) mass is 409 g/mol. The summed E-state index contributed by atoms with van der Waals surface area (Å²) in [5.74, 6) is -0.212. The summed E-state index contributed by atoms with van der Waals surface area (Å²) in [4.78, 5) is 6.47. The van der Waals surface area contributed by atoms with Crippen molar-refractivity contribution in [1.82, 2.24) is 15.2 Å². The van der Waals surface area contributed by atoms with Crippen molar-refractivity contribution >= 4 is 24.8 Å². The summed E-state index contributed by atoms with van der Waals surface area (Å²) in [5.41, 5.74) is 1.93. The molecule has 1 aromatic carbocycles. The van der Waals surface area contributed by atoms with Crippen molar-refractivity contribution < 1.29 is 17.9 Å². The molecule has 0 aliphatic carbocycles. The van der Waals surface area contributed by atoms with Crippen molar-refractivity contribution in [2.75, 3.05) is 26.2 Å². The van der Waals surface area contributed by atoms with Gasteiger partial charge in [-0.25, -0.2) is 0 Å². The van der Waals surface area contributed by atoms with Gasteiger partial charge in [0.25, 0.3) is 0 Å². The zero-order valence-corrected chi connectivity index (χ0v) is 15.4. The Morgan fingerprint density at radius 1 is 1.00 bits per heavy atom. The van der Waals surface area contributed by atoms with E-state index in [1.54, 1.807) is 24.5 Å². The average Bonchev–Trinajstić information content (AvgIpc) is 2.57. The average molecular weight is 410 g/mol. The molecule has 1 aliphatic heterocycles. The van der Waals surface area contributed by atoms with Crippen LogP contribution in [0.5, 0.6) is 5.75 Å². The Morgan fingerprint density at radius 2 is 1.65 bits per heavy atom. The molecule has 144 valence electrons. The number of nitrogens with zero attached hydrogens (tertiary/aromatic N) is 2. The lowest BCUT2D eigenvalue weighted by atomic mass is 9.97. The molecule has 1 fully saturated rings. The quantitative estimate of drug-likeness (QED) is 0.832. The zero-order chi connectivity index (χ0) is 17.0. The van der Waals surface area contributed by atoms with Crippen LogP contribution in [0.25, 0.3) is 0 Å². The van der Waals surface area contributed by atoms with Crippen molar-refractivity contribution in [2.45, 2.75) is 12.4 Å². The van der Waals surface area contributed by atoms with E-state index in [-0.39, 0.29) is 36.6 Å². The normalized spacial score (nSPS) is 16.1. The molecule has 9 heteroatoms. The fourth-order valence-electron chi connectivity index (χ4n) is 2.94. The molecule has 0 unspecified atom stereocenters. The van der Waals surface area contributed by atoms with Gasteiger partial charge in [-0.2, -0.15) is 0 Å². The molecule has 0 bridgehead atoms. The van der Waals surface area contributed by atoms with Gasteiger partial charge in [0.15, 0.2) is 0 Å². The maximum atomic E-state index is 12.3. The second-order valence-electron chi connectivity index (χ2n) is 5.59. The van der Waals surface area contributed by atoms with E-state index >= 15 is 0 Å². The van der Waals surface area contributed by atoms with Crippen LogP contribution in [-0.2, 0) is 0 Å². The number of halogens is 5. The van der Waals surface area contributed by atoms with Gasteiger partial charge >= 0.3 is 6.36 Å². The number of rotatable bonds is 4. The highest BCUT2D eigenvalue weighted by Gasteiger charge is 2.31. The van der Waals surface area contributed by atoms with Gasteiger partial charge in [0.2, 0.25) is 0 Å². The van der Waals surface area contributed by atoms with E-state index in [2.05, 4.69) is 19.9 Å². The maximum Gasteiger partial charge on any atom is 0.573 e. The first-order valence-corrected chi connectivity index (χ1v) is 7.73. The molecule has 0 spiro atoms. The fourth-order valence-corrected chi connectivity index (χ4v) is 2.94. The molecule has 1 aromatic heterocycles. The van der Waals surface area contributed by atoms with Gasteiger partial charge in [0, 0.05) is 38.6 Å². The molecule has 1 aliphatic rings. The molecule has 0 amide bonds. The summed E-state index contributed by atoms with van der Waals surface area (Å²) < 4.78 is 40.9. The number of hydrogen-bond donors (Lipinski definition) is 1. The molecule has 26 heavy (non-hydrogen) atoms. The van der Waals surface area contributed by atoms with Crippen molar-refractivity contribution in [1.29, 1.82) is 0 Å². The Labute approximate surface area is 162 Å². The van der Waals surface area contributed by atoms with E-state index in [0.29, 0.717) is 0 Å². The van der Waals surface area contributed by atoms with Crippen molar-refractivity contribution in [3.05, 3.63) is 59.9 Å². The minimum atomic E-state index is -4.68. The van der Waals surface area contributed by atoms with Crippen LogP contribution >= 0.6 is 24.8 Å². The highest BCUT2D eigenvalue weighted by atomic mass is 35.5. The summed E-state index contributed by atoms with van der Waals surface area (Å²) in [5, 5.41) is 3.31. The van der Waals surface area contributed by atoms with E-state index in [0.717, 1.165) is 37.3 Å². The van der Waals surface area contributed by atoms with E-state index in [1.165, 1.54) is 12.1 Å². The van der Waals surface area contributed by atoms with Crippen LogP contribution < -0.4 is 10.1 Å². The summed E-state index contributed by atoms with van der Waals surface area (Å²) in [7, 11) is 0. The largest absolute Gasteiger partial charge is 0.573 e. The fraction of sp³-hybridized carbons (Fsp3) is 0.353. The van der Waals surface area contributed by atoms with Gasteiger partial charge < -0.3 is 10.1 Å². The topological polar surface area (TPSA) is 37.4 Å². The first kappa shape index (κ1) is 22.5. The van der Waals surface area contributed by atoms with Gasteiger partial charge in [-0.05, 0) is 29.3 Å². The van der Waals surface area contributed by atoms with Crippen molar-refractivity contribution in [2.24, 2.45) is 0 Å². The van der Waals surface area contributed by atoms with Gasteiger partial charge in [0.1, 0.15) is 5.75 Å². The predicted octanol–water partition coefficient (Wildman–Crippen LogP) is 3.82. The van der Waals surface area contributed by atoms with Crippen LogP contribution in [0.4, 0.5) is 13.2 Å². The number of nitrogens with one attached hydrogen (secondary N) is 1. The predicted molar refractivity (Wildman–Crippen MR) is 98.1 cm³/mol. The minimum Gasteiger partial charge on any atom is -0.406 e. The maximum absolute atomic E-state index is 12.3. The molecule has 1 atom stereocenters. The zero-order valence-electron chi connectivity index (χ0n) is 13.8.